The van der Waals surface area contributed by atoms with Gasteiger partial charge in [0, 0.05) is 7.11 Å². The van der Waals surface area contributed by atoms with Crippen molar-refractivity contribution in [2.24, 2.45) is 0 Å². The molecule has 0 aromatic heterocycles. The zero-order valence-electron chi connectivity index (χ0n) is 6.62. The zero-order valence-corrected chi connectivity index (χ0v) is 6.62. The minimum atomic E-state index is 0. The second kappa shape index (κ2) is 6.68. The first-order valence-electron chi connectivity index (χ1n) is 3.60. The van der Waals surface area contributed by atoms with Gasteiger partial charge in [-0.25, -0.2) is 0 Å². The molecule has 2 nitrogen and oxygen atoms in total. The van der Waals surface area contributed by atoms with Crippen molar-refractivity contribution in [3.05, 3.63) is 30.3 Å². The van der Waals surface area contributed by atoms with Gasteiger partial charge < -0.3 is 9.47 Å². The minimum absolute atomic E-state index is 0. The third kappa shape index (κ3) is 3.98. The average Bonchev–Trinajstić information content (AvgIpc) is 2.07. The summed E-state index contributed by atoms with van der Waals surface area (Å²) in [4.78, 5) is 0. The molecule has 0 fully saturated rings. The average molecular weight is 168 g/mol. The Morgan fingerprint density at radius 2 is 1.75 bits per heavy atom. The summed E-state index contributed by atoms with van der Waals surface area (Å²) in [5, 5.41) is 0. The lowest BCUT2D eigenvalue weighted by Crippen LogP contribution is -2.03. The number of methoxy groups -OCH3 is 1. The molecule has 1 aromatic carbocycles. The van der Waals surface area contributed by atoms with E-state index >= 15 is 0 Å². The number of ether oxygens (including phenoxy) is 2. The molecule has 0 radical (unpaired) electrons. The Morgan fingerprint density at radius 3 is 2.33 bits per heavy atom. The van der Waals surface area contributed by atoms with E-state index in [0.717, 1.165) is 5.75 Å². The molecular formula is C10H16O2. The summed E-state index contributed by atoms with van der Waals surface area (Å²) in [6.07, 6.45) is 0. The largest absolute Gasteiger partial charge is 0.491 e. The molecule has 0 aliphatic carbocycles. The summed E-state index contributed by atoms with van der Waals surface area (Å²) < 4.78 is 10.2. The van der Waals surface area contributed by atoms with Gasteiger partial charge in [0.2, 0.25) is 0 Å². The van der Waals surface area contributed by atoms with Crippen molar-refractivity contribution in [1.82, 2.24) is 0 Å². The Labute approximate surface area is 74.1 Å². The van der Waals surface area contributed by atoms with Crippen molar-refractivity contribution >= 4 is 0 Å². The van der Waals surface area contributed by atoms with E-state index in [4.69, 9.17) is 9.47 Å². The van der Waals surface area contributed by atoms with Crippen molar-refractivity contribution < 1.29 is 9.47 Å². The Hall–Kier alpha value is -1.02. The van der Waals surface area contributed by atoms with Crippen LogP contribution in [0.5, 0.6) is 5.75 Å². The third-order valence-corrected chi connectivity index (χ3v) is 1.30. The summed E-state index contributed by atoms with van der Waals surface area (Å²) in [6, 6.07) is 9.71. The molecule has 0 atom stereocenters. The Bertz CT molecular complexity index is 184. The first-order valence-corrected chi connectivity index (χ1v) is 3.60. The van der Waals surface area contributed by atoms with Crippen molar-refractivity contribution in [3.8, 4) is 5.75 Å². The monoisotopic (exact) mass is 168 g/mol. The lowest BCUT2D eigenvalue weighted by atomic mass is 10.3. The van der Waals surface area contributed by atoms with E-state index < -0.39 is 0 Å². The van der Waals surface area contributed by atoms with Crippen LogP contribution in [0.15, 0.2) is 30.3 Å². The van der Waals surface area contributed by atoms with Crippen LogP contribution in [0.25, 0.3) is 0 Å². The zero-order chi connectivity index (χ0) is 7.94. The van der Waals surface area contributed by atoms with E-state index in [9.17, 15) is 0 Å². The highest BCUT2D eigenvalue weighted by Gasteiger charge is 1.88. The third-order valence-electron chi connectivity index (χ3n) is 1.30. The highest BCUT2D eigenvalue weighted by atomic mass is 16.5. The summed E-state index contributed by atoms with van der Waals surface area (Å²) in [5.74, 6) is 0.893. The van der Waals surface area contributed by atoms with Crippen LogP contribution in [0.2, 0.25) is 0 Å². The van der Waals surface area contributed by atoms with Crippen LogP contribution in [0.1, 0.15) is 7.43 Å². The lowest BCUT2D eigenvalue weighted by molar-refractivity contribution is 0.146. The fraction of sp³-hybridized carbons (Fsp3) is 0.400. The maximum atomic E-state index is 5.32. The number of para-hydroxylation sites is 1. The van der Waals surface area contributed by atoms with Crippen molar-refractivity contribution in [2.75, 3.05) is 20.3 Å². The number of rotatable bonds is 4. The topological polar surface area (TPSA) is 18.5 Å². The maximum absolute atomic E-state index is 5.32. The van der Waals surface area contributed by atoms with E-state index in [1.54, 1.807) is 7.11 Å². The van der Waals surface area contributed by atoms with Gasteiger partial charge >= 0.3 is 0 Å². The van der Waals surface area contributed by atoms with Crippen LogP contribution in [0, 0.1) is 0 Å². The van der Waals surface area contributed by atoms with E-state index in [1.165, 1.54) is 0 Å². The van der Waals surface area contributed by atoms with Gasteiger partial charge in [-0.1, -0.05) is 25.6 Å². The number of hydrogen-bond acceptors (Lipinski definition) is 2. The molecule has 2 heteroatoms. The van der Waals surface area contributed by atoms with E-state index in [0.29, 0.717) is 13.2 Å². The molecular weight excluding hydrogens is 152 g/mol. The first kappa shape index (κ1) is 11.0. The maximum Gasteiger partial charge on any atom is 0.119 e. The normalized spacial score (nSPS) is 8.75. The fourth-order valence-corrected chi connectivity index (χ4v) is 0.760. The minimum Gasteiger partial charge on any atom is -0.491 e. The van der Waals surface area contributed by atoms with Gasteiger partial charge in [-0.05, 0) is 12.1 Å². The smallest absolute Gasteiger partial charge is 0.119 e. The second-order valence-electron chi connectivity index (χ2n) is 2.15. The van der Waals surface area contributed by atoms with Crippen molar-refractivity contribution in [2.45, 2.75) is 7.43 Å². The van der Waals surface area contributed by atoms with Crippen LogP contribution in [0.4, 0.5) is 0 Å². The highest BCUT2D eigenvalue weighted by Crippen LogP contribution is 2.07. The summed E-state index contributed by atoms with van der Waals surface area (Å²) in [7, 11) is 1.66. The van der Waals surface area contributed by atoms with Crippen LogP contribution >= 0.6 is 0 Å². The van der Waals surface area contributed by atoms with E-state index in [-0.39, 0.29) is 7.43 Å². The van der Waals surface area contributed by atoms with Gasteiger partial charge in [-0.3, -0.25) is 0 Å². The molecule has 0 N–H and O–H groups in total. The second-order valence-corrected chi connectivity index (χ2v) is 2.15. The van der Waals surface area contributed by atoms with Gasteiger partial charge in [0.15, 0.2) is 0 Å². The number of benzene rings is 1. The predicted octanol–water partition coefficient (Wildman–Crippen LogP) is 2.35. The van der Waals surface area contributed by atoms with Crippen LogP contribution in [0.3, 0.4) is 0 Å². The van der Waals surface area contributed by atoms with Gasteiger partial charge in [0.1, 0.15) is 12.4 Å². The quantitative estimate of drug-likeness (QED) is 0.642. The highest BCUT2D eigenvalue weighted by molar-refractivity contribution is 5.20. The molecule has 0 heterocycles. The predicted molar refractivity (Wildman–Crippen MR) is 50.5 cm³/mol. The van der Waals surface area contributed by atoms with Crippen molar-refractivity contribution in [3.63, 3.8) is 0 Å². The molecule has 12 heavy (non-hydrogen) atoms. The molecule has 1 rings (SSSR count). The molecule has 1 aromatic rings. The molecule has 0 unspecified atom stereocenters. The molecule has 0 saturated carbocycles. The van der Waals surface area contributed by atoms with Crippen LogP contribution in [-0.4, -0.2) is 20.3 Å². The fourth-order valence-electron chi connectivity index (χ4n) is 0.760. The summed E-state index contributed by atoms with van der Waals surface area (Å²) in [5.41, 5.74) is 0. The first-order chi connectivity index (χ1) is 5.43. The summed E-state index contributed by atoms with van der Waals surface area (Å²) in [6.45, 7) is 1.25. The van der Waals surface area contributed by atoms with E-state index in [1.807, 2.05) is 30.3 Å². The summed E-state index contributed by atoms with van der Waals surface area (Å²) >= 11 is 0. The van der Waals surface area contributed by atoms with E-state index in [2.05, 4.69) is 0 Å². The van der Waals surface area contributed by atoms with Gasteiger partial charge in [-0.15, -0.1) is 0 Å². The van der Waals surface area contributed by atoms with Crippen molar-refractivity contribution in [1.29, 1.82) is 0 Å². The van der Waals surface area contributed by atoms with Gasteiger partial charge in [0.05, 0.1) is 6.61 Å². The molecule has 68 valence electrons. The standard InChI is InChI=1S/C9H12O2.CH4/c1-10-7-8-11-9-5-3-2-4-6-9;/h2-6H,7-8H2,1H3;1H4. The SMILES string of the molecule is C.COCCOc1ccccc1. The number of hydrogen-bond donors (Lipinski definition) is 0. The molecule has 0 spiro atoms. The Morgan fingerprint density at radius 1 is 1.08 bits per heavy atom. The van der Waals surface area contributed by atoms with Crippen LogP contribution in [-0.2, 0) is 4.74 Å². The molecule has 0 aliphatic heterocycles. The Kier molecular flexibility index (Phi) is 6.11. The Balaban J connectivity index is 0.00000121. The molecule has 0 aliphatic rings. The molecule has 0 saturated heterocycles. The van der Waals surface area contributed by atoms with Gasteiger partial charge in [-0.2, -0.15) is 0 Å². The lowest BCUT2D eigenvalue weighted by Gasteiger charge is -2.03. The molecule has 0 amide bonds. The molecule has 0 bridgehead atoms. The van der Waals surface area contributed by atoms with Gasteiger partial charge in [0.25, 0.3) is 0 Å². The van der Waals surface area contributed by atoms with Crippen LogP contribution < -0.4 is 4.74 Å².